The predicted molar refractivity (Wildman–Crippen MR) is 69.0 cm³/mol. The molecule has 0 unspecified atom stereocenters. The molecule has 0 spiro atoms. The highest BCUT2D eigenvalue weighted by molar-refractivity contribution is 5.82. The molecule has 0 aliphatic carbocycles. The number of carbonyl (C=O) groups excluding carboxylic acids is 1. The first kappa shape index (κ1) is 16.9. The molecule has 0 heterocycles. The van der Waals surface area contributed by atoms with E-state index >= 15 is 0 Å². The molecule has 122 valence electrons. The SMILES string of the molecule is O=Cc1ccc(-c2ccccc2C(F)(F)F)cc1OC(F)(F)F. The van der Waals surface area contributed by atoms with E-state index in [1.54, 1.807) is 0 Å². The number of ether oxygens (including phenoxy) is 1. The Kier molecular flexibility index (Phi) is 4.35. The summed E-state index contributed by atoms with van der Waals surface area (Å²) in [4.78, 5) is 10.8. The van der Waals surface area contributed by atoms with E-state index in [4.69, 9.17) is 0 Å². The van der Waals surface area contributed by atoms with Gasteiger partial charge in [-0.25, -0.2) is 0 Å². The van der Waals surface area contributed by atoms with Crippen molar-refractivity contribution in [2.45, 2.75) is 12.5 Å². The summed E-state index contributed by atoms with van der Waals surface area (Å²) >= 11 is 0. The third-order valence-corrected chi connectivity index (χ3v) is 2.91. The summed E-state index contributed by atoms with van der Waals surface area (Å²) in [6.07, 6.45) is -9.62. The fourth-order valence-corrected chi connectivity index (χ4v) is 1.99. The fraction of sp³-hybridized carbons (Fsp3) is 0.133. The molecule has 2 aromatic carbocycles. The molecule has 0 atom stereocenters. The van der Waals surface area contributed by atoms with Crippen LogP contribution in [0.1, 0.15) is 15.9 Å². The molecule has 0 aromatic heterocycles. The topological polar surface area (TPSA) is 26.3 Å². The molecule has 8 heteroatoms. The van der Waals surface area contributed by atoms with Crippen LogP contribution in [0.25, 0.3) is 11.1 Å². The van der Waals surface area contributed by atoms with Gasteiger partial charge in [-0.2, -0.15) is 13.2 Å². The van der Waals surface area contributed by atoms with Crippen LogP contribution in [-0.2, 0) is 6.18 Å². The summed E-state index contributed by atoms with van der Waals surface area (Å²) < 4.78 is 79.7. The van der Waals surface area contributed by atoms with Gasteiger partial charge in [0.15, 0.2) is 6.29 Å². The minimum Gasteiger partial charge on any atom is -0.405 e. The monoisotopic (exact) mass is 334 g/mol. The Bertz CT molecular complexity index is 719. The second-order valence-corrected chi connectivity index (χ2v) is 4.46. The van der Waals surface area contributed by atoms with Crippen LogP contribution in [0.15, 0.2) is 42.5 Å². The van der Waals surface area contributed by atoms with Gasteiger partial charge in [-0.05, 0) is 29.3 Å². The van der Waals surface area contributed by atoms with Gasteiger partial charge in [0.1, 0.15) is 5.75 Å². The van der Waals surface area contributed by atoms with E-state index in [1.165, 1.54) is 12.1 Å². The summed E-state index contributed by atoms with van der Waals surface area (Å²) in [5, 5.41) is 0. The lowest BCUT2D eigenvalue weighted by molar-refractivity contribution is -0.274. The third kappa shape index (κ3) is 4.02. The standard InChI is InChI=1S/C15H8F6O2/c16-14(17,18)12-4-2-1-3-11(12)9-5-6-10(8-22)13(7-9)23-15(19,20)21/h1-8H. The van der Waals surface area contributed by atoms with Crippen LogP contribution in [0.3, 0.4) is 0 Å². The van der Waals surface area contributed by atoms with Crippen molar-refractivity contribution in [2.75, 3.05) is 0 Å². The van der Waals surface area contributed by atoms with E-state index in [1.807, 2.05) is 0 Å². The first-order valence-corrected chi connectivity index (χ1v) is 6.13. The average molecular weight is 334 g/mol. The van der Waals surface area contributed by atoms with Crippen molar-refractivity contribution in [3.05, 3.63) is 53.6 Å². The Labute approximate surface area is 126 Å². The number of hydrogen-bond donors (Lipinski definition) is 0. The van der Waals surface area contributed by atoms with Gasteiger partial charge in [0.05, 0.1) is 11.1 Å². The van der Waals surface area contributed by atoms with Gasteiger partial charge in [0, 0.05) is 0 Å². The first-order valence-electron chi connectivity index (χ1n) is 6.13. The smallest absolute Gasteiger partial charge is 0.405 e. The van der Waals surface area contributed by atoms with Gasteiger partial charge in [-0.15, -0.1) is 13.2 Å². The van der Waals surface area contributed by atoms with Crippen LogP contribution in [0.5, 0.6) is 5.75 Å². The van der Waals surface area contributed by atoms with Crippen molar-refractivity contribution in [2.24, 2.45) is 0 Å². The van der Waals surface area contributed by atoms with E-state index in [0.717, 1.165) is 30.3 Å². The quantitative estimate of drug-likeness (QED) is 0.578. The minimum atomic E-state index is -5.07. The molecule has 0 saturated carbocycles. The first-order chi connectivity index (χ1) is 10.6. The molecule has 0 fully saturated rings. The minimum absolute atomic E-state index is 0.126. The summed E-state index contributed by atoms with van der Waals surface area (Å²) in [5.41, 5.74) is -1.89. The van der Waals surface area contributed by atoms with Gasteiger partial charge < -0.3 is 4.74 Å². The van der Waals surface area contributed by atoms with Crippen LogP contribution in [0, 0.1) is 0 Å². The molecule has 0 bridgehead atoms. The van der Waals surface area contributed by atoms with Crippen molar-refractivity contribution < 1.29 is 35.9 Å². The Balaban J connectivity index is 2.58. The van der Waals surface area contributed by atoms with E-state index < -0.39 is 29.4 Å². The van der Waals surface area contributed by atoms with Gasteiger partial charge in [-0.3, -0.25) is 4.79 Å². The molecular weight excluding hydrogens is 326 g/mol. The van der Waals surface area contributed by atoms with Gasteiger partial charge in [-0.1, -0.05) is 24.3 Å². The highest BCUT2D eigenvalue weighted by atomic mass is 19.4. The summed E-state index contributed by atoms with van der Waals surface area (Å²) in [5.74, 6) is -0.859. The van der Waals surface area contributed by atoms with Crippen molar-refractivity contribution in [1.82, 2.24) is 0 Å². The number of aldehydes is 1. The molecule has 0 amide bonds. The maximum absolute atomic E-state index is 13.0. The Morgan fingerprint density at radius 1 is 0.913 bits per heavy atom. The number of benzene rings is 2. The van der Waals surface area contributed by atoms with Crippen LogP contribution >= 0.6 is 0 Å². The fourth-order valence-electron chi connectivity index (χ4n) is 1.99. The second-order valence-electron chi connectivity index (χ2n) is 4.46. The zero-order valence-electron chi connectivity index (χ0n) is 11.2. The van der Waals surface area contributed by atoms with Crippen molar-refractivity contribution >= 4 is 6.29 Å². The number of alkyl halides is 6. The van der Waals surface area contributed by atoms with Crippen LogP contribution in [0.2, 0.25) is 0 Å². The van der Waals surface area contributed by atoms with E-state index in [-0.39, 0.29) is 17.4 Å². The molecular formula is C15H8F6O2. The van der Waals surface area contributed by atoms with E-state index in [0.29, 0.717) is 0 Å². The largest absolute Gasteiger partial charge is 0.573 e. The number of halogens is 6. The Morgan fingerprint density at radius 3 is 2.13 bits per heavy atom. The van der Waals surface area contributed by atoms with E-state index in [2.05, 4.69) is 4.74 Å². The molecule has 2 rings (SSSR count). The highest BCUT2D eigenvalue weighted by Gasteiger charge is 2.34. The molecule has 23 heavy (non-hydrogen) atoms. The van der Waals surface area contributed by atoms with Crippen LogP contribution in [0.4, 0.5) is 26.3 Å². The molecule has 2 aromatic rings. The van der Waals surface area contributed by atoms with Crippen molar-refractivity contribution in [3.63, 3.8) is 0 Å². The zero-order valence-corrected chi connectivity index (χ0v) is 11.2. The van der Waals surface area contributed by atoms with Gasteiger partial charge in [0.25, 0.3) is 0 Å². The summed E-state index contributed by atoms with van der Waals surface area (Å²) in [6.45, 7) is 0. The highest BCUT2D eigenvalue weighted by Crippen LogP contribution is 2.38. The average Bonchev–Trinajstić information content (AvgIpc) is 2.44. The summed E-state index contributed by atoms with van der Waals surface area (Å²) in [6, 6.07) is 7.26. The molecule has 0 saturated heterocycles. The number of hydrogen-bond acceptors (Lipinski definition) is 2. The molecule has 0 aliphatic heterocycles. The van der Waals surface area contributed by atoms with Gasteiger partial charge >= 0.3 is 12.5 Å². The van der Waals surface area contributed by atoms with E-state index in [9.17, 15) is 31.1 Å². The molecule has 0 N–H and O–H groups in total. The number of rotatable bonds is 3. The Morgan fingerprint density at radius 2 is 1.57 bits per heavy atom. The summed E-state index contributed by atoms with van der Waals surface area (Å²) in [7, 11) is 0. The van der Waals surface area contributed by atoms with Crippen molar-refractivity contribution in [3.8, 4) is 16.9 Å². The van der Waals surface area contributed by atoms with Crippen LogP contribution in [-0.4, -0.2) is 12.6 Å². The maximum atomic E-state index is 13.0. The Hall–Kier alpha value is -2.51. The number of carbonyl (C=O) groups is 1. The lowest BCUT2D eigenvalue weighted by atomic mass is 9.98. The maximum Gasteiger partial charge on any atom is 0.573 e. The normalized spacial score (nSPS) is 12.1. The predicted octanol–water partition coefficient (Wildman–Crippen LogP) is 5.08. The van der Waals surface area contributed by atoms with Crippen molar-refractivity contribution in [1.29, 1.82) is 0 Å². The van der Waals surface area contributed by atoms with Gasteiger partial charge in [0.2, 0.25) is 0 Å². The lowest BCUT2D eigenvalue weighted by Gasteiger charge is -2.15. The molecule has 0 radical (unpaired) electrons. The third-order valence-electron chi connectivity index (χ3n) is 2.91. The lowest BCUT2D eigenvalue weighted by Crippen LogP contribution is -2.18. The molecule has 2 nitrogen and oxygen atoms in total. The second kappa shape index (κ2) is 5.94. The molecule has 0 aliphatic rings. The zero-order chi connectivity index (χ0) is 17.3. The van der Waals surface area contributed by atoms with Crippen LogP contribution < -0.4 is 4.74 Å².